The Hall–Kier alpha value is -2.51. The zero-order valence-electron chi connectivity index (χ0n) is 8.47. The molecule has 0 bridgehead atoms. The number of nitriles is 2. The summed E-state index contributed by atoms with van der Waals surface area (Å²) in [7, 11) is 0. The number of H-pyrrole nitrogens is 1. The van der Waals surface area contributed by atoms with E-state index in [9.17, 15) is 0 Å². The number of thiol groups is 1. The lowest BCUT2D eigenvalue weighted by atomic mass is 10.00. The van der Waals surface area contributed by atoms with Crippen LogP contribution in [-0.2, 0) is 0 Å². The third-order valence-electron chi connectivity index (χ3n) is 2.22. The van der Waals surface area contributed by atoms with Crippen LogP contribution in [0.5, 0.6) is 0 Å². The topological polar surface area (TPSA) is 115 Å². The van der Waals surface area contributed by atoms with Crippen molar-refractivity contribution in [2.75, 3.05) is 5.73 Å². The molecule has 0 radical (unpaired) electrons. The summed E-state index contributed by atoms with van der Waals surface area (Å²) >= 11 is 4.08. The lowest BCUT2D eigenvalue weighted by Crippen LogP contribution is -2.01. The second kappa shape index (κ2) is 4.16. The molecule has 0 saturated carbocycles. The minimum absolute atomic E-state index is 0.0488. The Morgan fingerprint density at radius 1 is 1.29 bits per heavy atom. The van der Waals surface area contributed by atoms with Crippen LogP contribution in [0.4, 0.5) is 5.82 Å². The SMILES string of the molecule is N#Cc1c(N)nc(S)c(C#N)c1-c1cn[nH]c1. The zero-order valence-corrected chi connectivity index (χ0v) is 9.36. The highest BCUT2D eigenvalue weighted by molar-refractivity contribution is 7.80. The van der Waals surface area contributed by atoms with E-state index in [1.807, 2.05) is 12.1 Å². The van der Waals surface area contributed by atoms with Crippen molar-refractivity contribution in [1.82, 2.24) is 15.2 Å². The van der Waals surface area contributed by atoms with Crippen LogP contribution in [0.2, 0.25) is 0 Å². The van der Waals surface area contributed by atoms with E-state index in [0.717, 1.165) is 0 Å². The normalized spacial score (nSPS) is 9.59. The molecule has 0 aromatic carbocycles. The third kappa shape index (κ3) is 1.69. The minimum atomic E-state index is 0.0488. The Bertz CT molecular complexity index is 609. The van der Waals surface area contributed by atoms with Crippen LogP contribution in [0, 0.1) is 22.7 Å². The molecule has 7 heteroatoms. The highest BCUT2D eigenvalue weighted by Crippen LogP contribution is 2.32. The number of hydrogen-bond acceptors (Lipinski definition) is 6. The summed E-state index contributed by atoms with van der Waals surface area (Å²) in [5, 5.41) is 24.8. The number of hydrogen-bond donors (Lipinski definition) is 3. The summed E-state index contributed by atoms with van der Waals surface area (Å²) in [5.41, 5.74) is 7.01. The minimum Gasteiger partial charge on any atom is -0.383 e. The number of anilines is 1. The van der Waals surface area contributed by atoms with Crippen molar-refractivity contribution in [3.63, 3.8) is 0 Å². The lowest BCUT2D eigenvalue weighted by molar-refractivity contribution is 1.09. The van der Waals surface area contributed by atoms with Gasteiger partial charge in [0, 0.05) is 17.3 Å². The van der Waals surface area contributed by atoms with Gasteiger partial charge >= 0.3 is 0 Å². The molecule has 82 valence electrons. The third-order valence-corrected chi connectivity index (χ3v) is 2.54. The second-order valence-corrected chi connectivity index (χ2v) is 3.58. The molecule has 0 fully saturated rings. The fourth-order valence-corrected chi connectivity index (χ4v) is 1.76. The van der Waals surface area contributed by atoms with Gasteiger partial charge in [0.25, 0.3) is 0 Å². The van der Waals surface area contributed by atoms with Crippen LogP contribution >= 0.6 is 12.6 Å². The van der Waals surface area contributed by atoms with Crippen molar-refractivity contribution < 1.29 is 0 Å². The molecule has 0 saturated heterocycles. The van der Waals surface area contributed by atoms with Crippen LogP contribution in [0.15, 0.2) is 17.4 Å². The van der Waals surface area contributed by atoms with Gasteiger partial charge in [0.1, 0.15) is 28.5 Å². The molecule has 6 nitrogen and oxygen atoms in total. The summed E-state index contributed by atoms with van der Waals surface area (Å²) in [6.45, 7) is 0. The number of nitrogens with zero attached hydrogens (tertiary/aromatic N) is 4. The molecule has 0 aliphatic carbocycles. The fraction of sp³-hybridized carbons (Fsp3) is 0. The Labute approximate surface area is 102 Å². The number of pyridine rings is 1. The van der Waals surface area contributed by atoms with Gasteiger partial charge in [-0.15, -0.1) is 12.6 Å². The molecule has 2 aromatic rings. The first-order valence-corrected chi connectivity index (χ1v) is 4.95. The quantitative estimate of drug-likeness (QED) is 0.647. The maximum Gasteiger partial charge on any atom is 0.143 e. The van der Waals surface area contributed by atoms with Crippen molar-refractivity contribution in [1.29, 1.82) is 10.5 Å². The first kappa shape index (κ1) is 11.0. The van der Waals surface area contributed by atoms with Gasteiger partial charge in [-0.1, -0.05) is 0 Å². The van der Waals surface area contributed by atoms with Crippen molar-refractivity contribution >= 4 is 18.4 Å². The van der Waals surface area contributed by atoms with E-state index in [-0.39, 0.29) is 22.0 Å². The molecule has 0 amide bonds. The number of nitrogens with one attached hydrogen (secondary N) is 1. The first-order chi connectivity index (χ1) is 8.19. The van der Waals surface area contributed by atoms with E-state index in [2.05, 4.69) is 27.8 Å². The highest BCUT2D eigenvalue weighted by Gasteiger charge is 2.18. The maximum absolute atomic E-state index is 9.09. The molecular formula is C10H6N6S. The van der Waals surface area contributed by atoms with Gasteiger partial charge in [-0.25, -0.2) is 4.98 Å². The van der Waals surface area contributed by atoms with Crippen LogP contribution in [0.3, 0.4) is 0 Å². The smallest absolute Gasteiger partial charge is 0.143 e. The second-order valence-electron chi connectivity index (χ2n) is 3.16. The van der Waals surface area contributed by atoms with Crippen LogP contribution in [0.25, 0.3) is 11.1 Å². The molecule has 0 aliphatic heterocycles. The Morgan fingerprint density at radius 3 is 2.53 bits per heavy atom. The molecular weight excluding hydrogens is 236 g/mol. The predicted molar refractivity (Wildman–Crippen MR) is 62.9 cm³/mol. The average Bonchev–Trinajstić information content (AvgIpc) is 2.81. The summed E-state index contributed by atoms with van der Waals surface area (Å²) in [4.78, 5) is 3.85. The Morgan fingerprint density at radius 2 is 2.00 bits per heavy atom. The van der Waals surface area contributed by atoms with Gasteiger partial charge in [0.2, 0.25) is 0 Å². The summed E-state index contributed by atoms with van der Waals surface area (Å²) in [5.74, 6) is 0.0488. The molecule has 2 aromatic heterocycles. The number of aromatic nitrogens is 3. The molecule has 0 spiro atoms. The van der Waals surface area contributed by atoms with E-state index < -0.39 is 0 Å². The van der Waals surface area contributed by atoms with Gasteiger partial charge in [0.15, 0.2) is 0 Å². The average molecular weight is 242 g/mol. The zero-order chi connectivity index (χ0) is 12.4. The largest absolute Gasteiger partial charge is 0.383 e. The predicted octanol–water partition coefficient (Wildman–Crippen LogP) is 1.09. The number of rotatable bonds is 1. The van der Waals surface area contributed by atoms with E-state index >= 15 is 0 Å². The molecule has 2 rings (SSSR count). The summed E-state index contributed by atoms with van der Waals surface area (Å²) in [6.07, 6.45) is 3.08. The molecule has 3 N–H and O–H groups in total. The van der Waals surface area contributed by atoms with Gasteiger partial charge in [-0.3, -0.25) is 5.10 Å². The molecule has 0 atom stereocenters. The number of nitrogen functional groups attached to an aromatic ring is 1. The van der Waals surface area contributed by atoms with E-state index in [1.54, 1.807) is 6.20 Å². The lowest BCUT2D eigenvalue weighted by Gasteiger charge is -2.08. The van der Waals surface area contributed by atoms with Crippen LogP contribution < -0.4 is 5.73 Å². The van der Waals surface area contributed by atoms with Crippen molar-refractivity contribution in [2.45, 2.75) is 5.03 Å². The van der Waals surface area contributed by atoms with Crippen molar-refractivity contribution in [2.24, 2.45) is 0 Å². The molecule has 17 heavy (non-hydrogen) atoms. The van der Waals surface area contributed by atoms with Gasteiger partial charge < -0.3 is 5.73 Å². The van der Waals surface area contributed by atoms with Gasteiger partial charge in [-0.05, 0) is 0 Å². The van der Waals surface area contributed by atoms with Crippen LogP contribution in [0.1, 0.15) is 11.1 Å². The highest BCUT2D eigenvalue weighted by atomic mass is 32.1. The van der Waals surface area contributed by atoms with Gasteiger partial charge in [0.05, 0.1) is 11.8 Å². The summed E-state index contributed by atoms with van der Waals surface area (Å²) in [6, 6.07) is 3.91. The summed E-state index contributed by atoms with van der Waals surface area (Å²) < 4.78 is 0. The van der Waals surface area contributed by atoms with E-state index in [0.29, 0.717) is 11.1 Å². The van der Waals surface area contributed by atoms with Crippen LogP contribution in [-0.4, -0.2) is 15.2 Å². The maximum atomic E-state index is 9.09. The van der Waals surface area contributed by atoms with Crippen molar-refractivity contribution in [3.05, 3.63) is 23.5 Å². The fourth-order valence-electron chi connectivity index (χ4n) is 1.49. The van der Waals surface area contributed by atoms with Gasteiger partial charge in [-0.2, -0.15) is 15.6 Å². The van der Waals surface area contributed by atoms with E-state index in [1.165, 1.54) is 6.20 Å². The first-order valence-electron chi connectivity index (χ1n) is 4.50. The molecule has 2 heterocycles. The molecule has 0 aliphatic rings. The Balaban J connectivity index is 2.89. The number of nitrogens with two attached hydrogens (primary N) is 1. The molecule has 0 unspecified atom stereocenters. The number of aromatic amines is 1. The monoisotopic (exact) mass is 242 g/mol. The Kier molecular flexibility index (Phi) is 2.69. The van der Waals surface area contributed by atoms with E-state index in [4.69, 9.17) is 16.3 Å². The van der Waals surface area contributed by atoms with Crippen molar-refractivity contribution in [3.8, 4) is 23.3 Å². The standard InChI is InChI=1S/C10H6N6S/c11-1-6-8(5-3-14-15-4-5)7(2-12)10(17)16-9(6)13/h3-4H,(H,14,15)(H3,13,16,17).